The first-order valence-corrected chi connectivity index (χ1v) is 13.6. The Kier molecular flexibility index (Phi) is 5.00. The molecule has 6 heterocycles. The first-order chi connectivity index (χ1) is 16.3. The van der Waals surface area contributed by atoms with Gasteiger partial charge in [-0.3, -0.25) is 9.88 Å². The Labute approximate surface area is 201 Å². The molecule has 3 saturated heterocycles. The molecule has 6 rings (SSSR count). The number of hydrogen-bond donors (Lipinski definition) is 3. The van der Waals surface area contributed by atoms with Crippen molar-refractivity contribution in [2.45, 2.75) is 66.4 Å². The molecule has 0 spiro atoms. The fourth-order valence-corrected chi connectivity index (χ4v) is 7.56. The van der Waals surface area contributed by atoms with Crippen LogP contribution in [0.3, 0.4) is 0 Å². The van der Waals surface area contributed by atoms with E-state index >= 15 is 0 Å². The molecule has 0 saturated carbocycles. The maximum Gasteiger partial charge on any atom is 0.249 e. The van der Waals surface area contributed by atoms with Crippen molar-refractivity contribution in [3.63, 3.8) is 0 Å². The van der Waals surface area contributed by atoms with Crippen molar-refractivity contribution in [3.05, 3.63) is 30.6 Å². The van der Waals surface area contributed by atoms with E-state index in [0.717, 1.165) is 47.3 Å². The maximum absolute atomic E-state index is 11.6. The molecule has 0 radical (unpaired) electrons. The molecular weight excluding hydrogens is 472 g/mol. The Hall–Kier alpha value is -2.85. The molecule has 3 aromatic rings. The van der Waals surface area contributed by atoms with Gasteiger partial charge in [0, 0.05) is 47.7 Å². The number of rotatable bonds is 7. The minimum atomic E-state index is -3.80. The Morgan fingerprint density at radius 2 is 2.09 bits per heavy atom. The van der Waals surface area contributed by atoms with Crippen LogP contribution in [0.25, 0.3) is 10.9 Å². The highest BCUT2D eigenvalue weighted by Gasteiger charge is 2.64. The van der Waals surface area contributed by atoms with Crippen LogP contribution in [0.4, 0.5) is 16.8 Å². The third-order valence-electron chi connectivity index (χ3n) is 7.32. The number of fused-ring (bicyclic) bond motifs is 1. The topological polar surface area (TPSA) is 150 Å². The Morgan fingerprint density at radius 3 is 2.79 bits per heavy atom. The summed E-state index contributed by atoms with van der Waals surface area (Å²) in [7, 11) is -3.80. The largest absolute Gasteiger partial charge is 0.367 e. The lowest BCUT2D eigenvalue weighted by atomic mass is 9.57. The van der Waals surface area contributed by atoms with Crippen molar-refractivity contribution in [1.29, 1.82) is 5.26 Å². The Balaban J connectivity index is 1.22. The third kappa shape index (κ3) is 3.60. The number of anilines is 3. The zero-order valence-electron chi connectivity index (χ0n) is 18.3. The van der Waals surface area contributed by atoms with Crippen molar-refractivity contribution >= 4 is 49.0 Å². The molecule has 3 aliphatic heterocycles. The number of primary sulfonamides is 1. The van der Waals surface area contributed by atoms with Crippen LogP contribution in [0, 0.1) is 11.3 Å². The predicted octanol–water partition coefficient (Wildman–Crippen LogP) is 2.94. The standard InChI is InChI=1S/C22H24N8O2S2/c23-5-2-4-22-10-14-7-13(8-15(11-22)30(14)22)27-20-16-3-1-6-25-17(16)9-18(28-20)29-21-26-12-19(33-21)34(24,31)32/h1,3,6,9,12-15H,2,4,7-8,10-11H2,(H2,24,31,32)(H2,26,27,28,29)/t13-,14+,15-,22?. The Bertz CT molecular complexity index is 1400. The second-order valence-electron chi connectivity index (χ2n) is 9.40. The SMILES string of the molecule is N#CCCC12C[C@H]3C[C@H](Nc4nc(Nc5ncc(S(N)(=O)=O)s5)cc5ncccc45)C[C@@H](C1)N32. The molecule has 176 valence electrons. The minimum absolute atomic E-state index is 0.00846. The first kappa shape index (κ1) is 21.7. The molecule has 34 heavy (non-hydrogen) atoms. The predicted molar refractivity (Wildman–Crippen MR) is 129 cm³/mol. The minimum Gasteiger partial charge on any atom is -0.367 e. The molecule has 3 aliphatic rings. The van der Waals surface area contributed by atoms with Crippen LogP contribution in [0.1, 0.15) is 38.5 Å². The lowest BCUT2D eigenvalue weighted by Gasteiger charge is -2.74. The molecule has 3 aromatic heterocycles. The van der Waals surface area contributed by atoms with Crippen LogP contribution in [0.5, 0.6) is 0 Å². The van der Waals surface area contributed by atoms with Gasteiger partial charge in [-0.2, -0.15) is 5.26 Å². The van der Waals surface area contributed by atoms with E-state index in [2.05, 4.69) is 31.6 Å². The van der Waals surface area contributed by atoms with Crippen LogP contribution in [0.2, 0.25) is 0 Å². The van der Waals surface area contributed by atoms with Crippen molar-refractivity contribution in [3.8, 4) is 6.07 Å². The summed E-state index contributed by atoms with van der Waals surface area (Å²) < 4.78 is 23.1. The zero-order chi connectivity index (χ0) is 23.5. The highest BCUT2D eigenvalue weighted by molar-refractivity contribution is 7.91. The Morgan fingerprint density at radius 1 is 1.29 bits per heavy atom. The summed E-state index contributed by atoms with van der Waals surface area (Å²) in [5.74, 6) is 1.29. The molecule has 10 nitrogen and oxygen atoms in total. The molecule has 4 atom stereocenters. The number of aromatic nitrogens is 3. The van der Waals surface area contributed by atoms with Gasteiger partial charge in [-0.25, -0.2) is 23.5 Å². The van der Waals surface area contributed by atoms with Gasteiger partial charge in [-0.05, 0) is 44.2 Å². The lowest BCUT2D eigenvalue weighted by Crippen LogP contribution is -2.81. The lowest BCUT2D eigenvalue weighted by molar-refractivity contribution is -0.222. The van der Waals surface area contributed by atoms with Gasteiger partial charge < -0.3 is 10.6 Å². The van der Waals surface area contributed by atoms with Crippen molar-refractivity contribution < 1.29 is 8.42 Å². The van der Waals surface area contributed by atoms with E-state index in [1.54, 1.807) is 6.20 Å². The van der Waals surface area contributed by atoms with Gasteiger partial charge in [0.15, 0.2) is 9.34 Å². The summed E-state index contributed by atoms with van der Waals surface area (Å²) in [5.41, 5.74) is 1.07. The zero-order valence-corrected chi connectivity index (χ0v) is 19.9. The van der Waals surface area contributed by atoms with Gasteiger partial charge in [0.25, 0.3) is 0 Å². The van der Waals surface area contributed by atoms with Crippen LogP contribution >= 0.6 is 11.3 Å². The van der Waals surface area contributed by atoms with Gasteiger partial charge >= 0.3 is 0 Å². The normalized spacial score (nSPS) is 27.8. The van der Waals surface area contributed by atoms with Crippen LogP contribution in [-0.4, -0.2) is 51.9 Å². The molecule has 4 N–H and O–H groups in total. The number of nitrogens with zero attached hydrogens (tertiary/aromatic N) is 5. The van der Waals surface area contributed by atoms with Gasteiger partial charge in [0.2, 0.25) is 10.0 Å². The fourth-order valence-electron chi connectivity index (χ4n) is 6.10. The quantitative estimate of drug-likeness (QED) is 0.448. The maximum atomic E-state index is 11.6. The average molecular weight is 497 g/mol. The van der Waals surface area contributed by atoms with E-state index in [9.17, 15) is 8.42 Å². The summed E-state index contributed by atoms with van der Waals surface area (Å²) in [4.78, 5) is 16.0. The summed E-state index contributed by atoms with van der Waals surface area (Å²) in [5, 5.41) is 22.3. The second kappa shape index (κ2) is 7.84. The highest BCUT2D eigenvalue weighted by Crippen LogP contribution is 2.58. The van der Waals surface area contributed by atoms with Crippen molar-refractivity contribution in [1.82, 2.24) is 19.9 Å². The van der Waals surface area contributed by atoms with E-state index in [1.807, 2.05) is 18.2 Å². The van der Waals surface area contributed by atoms with E-state index in [0.29, 0.717) is 35.5 Å². The number of pyridine rings is 2. The molecular formula is C22H24N8O2S2. The molecule has 0 bridgehead atoms. The number of nitriles is 1. The third-order valence-corrected chi connectivity index (χ3v) is 9.64. The number of nitrogens with two attached hydrogens (primary N) is 1. The van der Waals surface area contributed by atoms with Gasteiger partial charge in [0.1, 0.15) is 11.6 Å². The number of thiazole rings is 1. The van der Waals surface area contributed by atoms with Gasteiger partial charge in [0.05, 0.1) is 17.8 Å². The van der Waals surface area contributed by atoms with Crippen LogP contribution in [-0.2, 0) is 10.0 Å². The number of piperidine rings is 2. The fraction of sp³-hybridized carbons (Fsp3) is 0.455. The highest BCUT2D eigenvalue weighted by atomic mass is 32.2. The smallest absolute Gasteiger partial charge is 0.249 e. The number of sulfonamides is 1. The molecule has 3 fully saturated rings. The molecule has 0 aliphatic carbocycles. The van der Waals surface area contributed by atoms with E-state index in [-0.39, 0.29) is 9.75 Å². The number of nitrogens with one attached hydrogen (secondary N) is 2. The van der Waals surface area contributed by atoms with Crippen LogP contribution in [0.15, 0.2) is 34.8 Å². The summed E-state index contributed by atoms with van der Waals surface area (Å²) >= 11 is 0.959. The van der Waals surface area contributed by atoms with E-state index in [4.69, 9.17) is 15.4 Å². The molecule has 0 amide bonds. The van der Waals surface area contributed by atoms with Crippen molar-refractivity contribution in [2.24, 2.45) is 5.14 Å². The average Bonchev–Trinajstić information content (AvgIpc) is 3.24. The van der Waals surface area contributed by atoms with Crippen LogP contribution < -0.4 is 15.8 Å². The molecule has 12 heteroatoms. The van der Waals surface area contributed by atoms with Gasteiger partial charge in [-0.15, -0.1) is 0 Å². The molecule has 1 unspecified atom stereocenters. The first-order valence-electron chi connectivity index (χ1n) is 11.3. The molecule has 0 aromatic carbocycles. The summed E-state index contributed by atoms with van der Waals surface area (Å²) in [6.45, 7) is 0. The summed E-state index contributed by atoms with van der Waals surface area (Å²) in [6.07, 6.45) is 9.06. The van der Waals surface area contributed by atoms with E-state index < -0.39 is 10.0 Å². The van der Waals surface area contributed by atoms with Crippen molar-refractivity contribution in [2.75, 3.05) is 10.6 Å². The monoisotopic (exact) mass is 496 g/mol. The summed E-state index contributed by atoms with van der Waals surface area (Å²) in [6, 6.07) is 9.47. The second-order valence-corrected chi connectivity index (χ2v) is 12.2. The van der Waals surface area contributed by atoms with Gasteiger partial charge in [-0.1, -0.05) is 11.3 Å². The van der Waals surface area contributed by atoms with E-state index in [1.165, 1.54) is 19.0 Å². The number of hydrogen-bond acceptors (Lipinski definition) is 10.